The molecule has 0 bridgehead atoms. The van der Waals surface area contributed by atoms with E-state index >= 15 is 0 Å². The Morgan fingerprint density at radius 2 is 2.06 bits per heavy atom. The van der Waals surface area contributed by atoms with Gasteiger partial charge in [-0.15, -0.1) is 0 Å². The summed E-state index contributed by atoms with van der Waals surface area (Å²) >= 11 is 5.34. The molecule has 1 N–H and O–H groups in total. The molecule has 0 saturated heterocycles. The normalized spacial score (nSPS) is 9.88. The minimum atomic E-state index is 0.834. The molecule has 16 heavy (non-hydrogen) atoms. The largest absolute Gasteiger partial charge is 0.363 e. The van der Waals surface area contributed by atoms with Crippen LogP contribution in [0.4, 0.5) is 0 Å². The Hall–Kier alpha value is -1.16. The SMILES string of the molecule is CCCNC(=S)N(CC)Cc1ccncc1. The summed E-state index contributed by atoms with van der Waals surface area (Å²) in [4.78, 5) is 6.16. The summed E-state index contributed by atoms with van der Waals surface area (Å²) in [6, 6.07) is 4.04. The highest BCUT2D eigenvalue weighted by Crippen LogP contribution is 2.03. The molecule has 0 aliphatic rings. The number of nitrogens with zero attached hydrogens (tertiary/aromatic N) is 2. The lowest BCUT2D eigenvalue weighted by Crippen LogP contribution is -2.39. The summed E-state index contributed by atoms with van der Waals surface area (Å²) in [5, 5.41) is 4.08. The van der Waals surface area contributed by atoms with Crippen LogP contribution in [-0.4, -0.2) is 28.1 Å². The number of aromatic nitrogens is 1. The number of pyridine rings is 1. The first-order valence-corrected chi connectivity index (χ1v) is 6.10. The number of rotatable bonds is 5. The second-order valence-corrected chi connectivity index (χ2v) is 3.99. The lowest BCUT2D eigenvalue weighted by molar-refractivity contribution is 0.427. The zero-order valence-electron chi connectivity index (χ0n) is 9.94. The molecular formula is C12H19N3S. The summed E-state index contributed by atoms with van der Waals surface area (Å²) in [7, 11) is 0. The van der Waals surface area contributed by atoms with E-state index in [1.165, 1.54) is 5.56 Å². The van der Waals surface area contributed by atoms with E-state index < -0.39 is 0 Å². The summed E-state index contributed by atoms with van der Waals surface area (Å²) in [6.45, 7) is 6.94. The van der Waals surface area contributed by atoms with Crippen molar-refractivity contribution >= 4 is 17.3 Å². The molecule has 0 saturated carbocycles. The maximum atomic E-state index is 5.34. The molecule has 1 heterocycles. The molecule has 0 amide bonds. The van der Waals surface area contributed by atoms with Gasteiger partial charge >= 0.3 is 0 Å². The molecule has 0 unspecified atom stereocenters. The van der Waals surface area contributed by atoms with Gasteiger partial charge in [0.25, 0.3) is 0 Å². The van der Waals surface area contributed by atoms with Crippen molar-refractivity contribution in [3.8, 4) is 0 Å². The van der Waals surface area contributed by atoms with Gasteiger partial charge < -0.3 is 10.2 Å². The van der Waals surface area contributed by atoms with E-state index in [1.54, 1.807) is 0 Å². The van der Waals surface area contributed by atoms with Crippen LogP contribution in [0.25, 0.3) is 0 Å². The first-order valence-electron chi connectivity index (χ1n) is 5.69. The monoisotopic (exact) mass is 237 g/mol. The molecule has 0 radical (unpaired) electrons. The van der Waals surface area contributed by atoms with Crippen LogP contribution in [0.15, 0.2) is 24.5 Å². The van der Waals surface area contributed by atoms with Gasteiger partial charge in [0.15, 0.2) is 5.11 Å². The maximum absolute atomic E-state index is 5.34. The predicted octanol–water partition coefficient (Wildman–Crippen LogP) is 2.19. The quantitative estimate of drug-likeness (QED) is 0.795. The average Bonchev–Trinajstić information content (AvgIpc) is 2.34. The zero-order valence-corrected chi connectivity index (χ0v) is 10.8. The van der Waals surface area contributed by atoms with Crippen molar-refractivity contribution in [1.29, 1.82) is 0 Å². The standard InChI is InChI=1S/C12H19N3S/c1-3-7-14-12(16)15(4-2)10-11-5-8-13-9-6-11/h5-6,8-9H,3-4,7,10H2,1-2H3,(H,14,16). The van der Waals surface area contributed by atoms with Gasteiger partial charge in [-0.1, -0.05) is 6.92 Å². The van der Waals surface area contributed by atoms with Crippen LogP contribution in [-0.2, 0) is 6.54 Å². The van der Waals surface area contributed by atoms with Gasteiger partial charge in [0.1, 0.15) is 0 Å². The third-order valence-electron chi connectivity index (χ3n) is 2.32. The molecule has 0 fully saturated rings. The molecule has 1 rings (SSSR count). The maximum Gasteiger partial charge on any atom is 0.169 e. The molecule has 0 aliphatic carbocycles. The molecule has 0 aromatic carbocycles. The molecule has 88 valence electrons. The van der Waals surface area contributed by atoms with E-state index in [-0.39, 0.29) is 0 Å². The number of thiocarbonyl (C=S) groups is 1. The van der Waals surface area contributed by atoms with E-state index in [4.69, 9.17) is 12.2 Å². The molecule has 0 spiro atoms. The number of nitrogens with one attached hydrogen (secondary N) is 1. The van der Waals surface area contributed by atoms with Gasteiger partial charge in [0.05, 0.1) is 0 Å². The summed E-state index contributed by atoms with van der Waals surface area (Å²) < 4.78 is 0. The Balaban J connectivity index is 2.52. The highest BCUT2D eigenvalue weighted by Gasteiger charge is 2.06. The number of hydrogen-bond donors (Lipinski definition) is 1. The van der Waals surface area contributed by atoms with Gasteiger partial charge in [0.2, 0.25) is 0 Å². The summed E-state index contributed by atoms with van der Waals surface area (Å²) in [5.74, 6) is 0. The number of hydrogen-bond acceptors (Lipinski definition) is 2. The minimum Gasteiger partial charge on any atom is -0.363 e. The van der Waals surface area contributed by atoms with Crippen molar-refractivity contribution in [2.45, 2.75) is 26.8 Å². The lowest BCUT2D eigenvalue weighted by Gasteiger charge is -2.24. The van der Waals surface area contributed by atoms with Crippen LogP contribution >= 0.6 is 12.2 Å². The van der Waals surface area contributed by atoms with E-state index in [9.17, 15) is 0 Å². The molecule has 1 aromatic heterocycles. The van der Waals surface area contributed by atoms with Gasteiger partial charge in [0, 0.05) is 32.0 Å². The minimum absolute atomic E-state index is 0.834. The van der Waals surface area contributed by atoms with E-state index in [1.807, 2.05) is 24.5 Å². The van der Waals surface area contributed by atoms with Gasteiger partial charge in [-0.25, -0.2) is 0 Å². The van der Waals surface area contributed by atoms with Gasteiger partial charge in [-0.2, -0.15) is 0 Å². The molecule has 3 nitrogen and oxygen atoms in total. The fourth-order valence-electron chi connectivity index (χ4n) is 1.38. The Labute approximate surface area is 103 Å². The van der Waals surface area contributed by atoms with Crippen molar-refractivity contribution < 1.29 is 0 Å². The van der Waals surface area contributed by atoms with Crippen molar-refractivity contribution in [2.24, 2.45) is 0 Å². The first kappa shape index (κ1) is 12.9. The molecule has 0 aliphatic heterocycles. The van der Waals surface area contributed by atoms with Crippen LogP contribution in [0, 0.1) is 0 Å². The third kappa shape index (κ3) is 4.14. The highest BCUT2D eigenvalue weighted by atomic mass is 32.1. The zero-order chi connectivity index (χ0) is 11.8. The van der Waals surface area contributed by atoms with Crippen LogP contribution in [0.5, 0.6) is 0 Å². The van der Waals surface area contributed by atoms with Crippen molar-refractivity contribution in [1.82, 2.24) is 15.2 Å². The summed E-state index contributed by atoms with van der Waals surface area (Å²) in [6.07, 6.45) is 4.71. The van der Waals surface area contributed by atoms with Crippen LogP contribution in [0.1, 0.15) is 25.8 Å². The fraction of sp³-hybridized carbons (Fsp3) is 0.500. The molecular weight excluding hydrogens is 218 g/mol. The van der Waals surface area contributed by atoms with E-state index in [0.29, 0.717) is 0 Å². The second-order valence-electron chi connectivity index (χ2n) is 3.60. The first-order chi connectivity index (χ1) is 7.77. The van der Waals surface area contributed by atoms with Crippen LogP contribution < -0.4 is 5.32 Å². The average molecular weight is 237 g/mol. The van der Waals surface area contributed by atoms with Crippen molar-refractivity contribution in [3.63, 3.8) is 0 Å². The topological polar surface area (TPSA) is 28.2 Å². The molecule has 1 aromatic rings. The van der Waals surface area contributed by atoms with Crippen molar-refractivity contribution in [3.05, 3.63) is 30.1 Å². The van der Waals surface area contributed by atoms with Crippen molar-refractivity contribution in [2.75, 3.05) is 13.1 Å². The Kier molecular flexibility index (Phi) is 5.78. The molecule has 4 heteroatoms. The lowest BCUT2D eigenvalue weighted by atomic mass is 10.2. The van der Waals surface area contributed by atoms with E-state index in [2.05, 4.69) is 29.0 Å². The Morgan fingerprint density at radius 1 is 1.38 bits per heavy atom. The highest BCUT2D eigenvalue weighted by molar-refractivity contribution is 7.80. The molecule has 0 atom stereocenters. The predicted molar refractivity (Wildman–Crippen MR) is 71.2 cm³/mol. The van der Waals surface area contributed by atoms with Gasteiger partial charge in [-0.05, 0) is 43.3 Å². The van der Waals surface area contributed by atoms with Gasteiger partial charge in [-0.3, -0.25) is 4.98 Å². The smallest absolute Gasteiger partial charge is 0.169 e. The second kappa shape index (κ2) is 7.17. The fourth-order valence-corrected chi connectivity index (χ4v) is 1.68. The van der Waals surface area contributed by atoms with E-state index in [0.717, 1.165) is 31.2 Å². The van der Waals surface area contributed by atoms with Crippen LogP contribution in [0.3, 0.4) is 0 Å². The third-order valence-corrected chi connectivity index (χ3v) is 2.72. The Bertz CT molecular complexity index is 313. The van der Waals surface area contributed by atoms with Crippen LogP contribution in [0.2, 0.25) is 0 Å². The summed E-state index contributed by atoms with van der Waals surface area (Å²) in [5.41, 5.74) is 1.23. The Morgan fingerprint density at radius 3 is 2.62 bits per heavy atom.